The Kier molecular flexibility index (Phi) is 4.28. The fraction of sp³-hybridized carbons (Fsp3) is 0.222. The summed E-state index contributed by atoms with van der Waals surface area (Å²) in [7, 11) is 1.35. The van der Waals surface area contributed by atoms with Gasteiger partial charge >= 0.3 is 5.97 Å². The molecule has 0 saturated carbocycles. The summed E-state index contributed by atoms with van der Waals surface area (Å²) in [6, 6.07) is 12.6. The first-order valence-corrected chi connectivity index (χ1v) is 7.43. The van der Waals surface area contributed by atoms with Crippen LogP contribution in [0.4, 0.5) is 0 Å². The third-order valence-electron chi connectivity index (χ3n) is 3.36. The highest BCUT2D eigenvalue weighted by Crippen LogP contribution is 2.27. The Labute approximate surface area is 133 Å². The average molecular weight is 311 g/mol. The SMILES string of the molecule is CCCOc1cccc(-c2nc3ccc(C(=O)OC)cc3o2)c1. The van der Waals surface area contributed by atoms with E-state index in [-0.39, 0.29) is 0 Å². The smallest absolute Gasteiger partial charge is 0.337 e. The highest BCUT2D eigenvalue weighted by molar-refractivity contribution is 5.93. The number of methoxy groups -OCH3 is 1. The number of hydrogen-bond acceptors (Lipinski definition) is 5. The van der Waals surface area contributed by atoms with Crippen molar-refractivity contribution in [1.82, 2.24) is 4.98 Å². The van der Waals surface area contributed by atoms with Crippen LogP contribution in [-0.4, -0.2) is 24.7 Å². The van der Waals surface area contributed by atoms with Crippen LogP contribution in [-0.2, 0) is 4.74 Å². The second-order valence-electron chi connectivity index (χ2n) is 5.07. The molecule has 0 spiro atoms. The van der Waals surface area contributed by atoms with Crippen molar-refractivity contribution in [3.05, 3.63) is 48.0 Å². The van der Waals surface area contributed by atoms with Gasteiger partial charge in [-0.05, 0) is 42.8 Å². The van der Waals surface area contributed by atoms with Crippen LogP contribution in [0.5, 0.6) is 5.75 Å². The zero-order chi connectivity index (χ0) is 16.2. The Bertz CT molecular complexity index is 838. The van der Waals surface area contributed by atoms with Crippen LogP contribution in [0.15, 0.2) is 46.9 Å². The Morgan fingerprint density at radius 2 is 2.09 bits per heavy atom. The first kappa shape index (κ1) is 15.1. The molecule has 0 aliphatic rings. The van der Waals surface area contributed by atoms with Gasteiger partial charge in [-0.3, -0.25) is 0 Å². The molecule has 0 aliphatic carbocycles. The second-order valence-corrected chi connectivity index (χ2v) is 5.07. The van der Waals surface area contributed by atoms with Crippen molar-refractivity contribution in [2.24, 2.45) is 0 Å². The van der Waals surface area contributed by atoms with E-state index in [2.05, 4.69) is 11.9 Å². The zero-order valence-corrected chi connectivity index (χ0v) is 13.0. The quantitative estimate of drug-likeness (QED) is 0.665. The summed E-state index contributed by atoms with van der Waals surface area (Å²) in [4.78, 5) is 16.0. The third-order valence-corrected chi connectivity index (χ3v) is 3.36. The van der Waals surface area contributed by atoms with Crippen LogP contribution in [0.2, 0.25) is 0 Å². The van der Waals surface area contributed by atoms with Crippen LogP contribution in [0.3, 0.4) is 0 Å². The normalized spacial score (nSPS) is 10.7. The minimum Gasteiger partial charge on any atom is -0.494 e. The lowest BCUT2D eigenvalue weighted by Gasteiger charge is -2.04. The number of benzene rings is 2. The van der Waals surface area contributed by atoms with Crippen molar-refractivity contribution >= 4 is 17.1 Å². The summed E-state index contributed by atoms with van der Waals surface area (Å²) in [6.07, 6.45) is 0.948. The summed E-state index contributed by atoms with van der Waals surface area (Å²) in [5, 5.41) is 0. The van der Waals surface area contributed by atoms with E-state index in [1.807, 2.05) is 24.3 Å². The molecule has 0 bridgehead atoms. The second kappa shape index (κ2) is 6.52. The van der Waals surface area contributed by atoms with E-state index >= 15 is 0 Å². The Morgan fingerprint density at radius 3 is 2.87 bits per heavy atom. The minimum absolute atomic E-state index is 0.403. The maximum Gasteiger partial charge on any atom is 0.337 e. The molecule has 0 unspecified atom stereocenters. The standard InChI is InChI=1S/C18H17NO4/c1-3-9-22-14-6-4-5-12(10-14)17-19-15-8-7-13(18(20)21-2)11-16(15)23-17/h4-8,10-11H,3,9H2,1-2H3. The first-order chi connectivity index (χ1) is 11.2. The van der Waals surface area contributed by atoms with Crippen LogP contribution in [0, 0.1) is 0 Å². The van der Waals surface area contributed by atoms with E-state index in [4.69, 9.17) is 13.9 Å². The number of rotatable bonds is 5. The minimum atomic E-state index is -0.403. The molecule has 23 heavy (non-hydrogen) atoms. The van der Waals surface area contributed by atoms with E-state index in [1.54, 1.807) is 18.2 Å². The van der Waals surface area contributed by atoms with Gasteiger partial charge in [0, 0.05) is 5.56 Å². The van der Waals surface area contributed by atoms with Gasteiger partial charge in [-0.15, -0.1) is 0 Å². The van der Waals surface area contributed by atoms with Crippen molar-refractivity contribution in [2.45, 2.75) is 13.3 Å². The summed E-state index contributed by atoms with van der Waals surface area (Å²) < 4.78 is 16.1. The molecule has 0 fully saturated rings. The van der Waals surface area contributed by atoms with E-state index in [1.165, 1.54) is 7.11 Å². The lowest BCUT2D eigenvalue weighted by atomic mass is 10.2. The topological polar surface area (TPSA) is 61.6 Å². The summed E-state index contributed by atoms with van der Waals surface area (Å²) in [6.45, 7) is 2.73. The molecule has 0 N–H and O–H groups in total. The lowest BCUT2D eigenvalue weighted by Crippen LogP contribution is -2.00. The molecular weight excluding hydrogens is 294 g/mol. The van der Waals surface area contributed by atoms with E-state index in [9.17, 15) is 4.79 Å². The predicted molar refractivity (Wildman–Crippen MR) is 86.6 cm³/mol. The first-order valence-electron chi connectivity index (χ1n) is 7.43. The summed E-state index contributed by atoms with van der Waals surface area (Å²) in [5.74, 6) is 0.866. The Balaban J connectivity index is 1.95. The number of esters is 1. The number of ether oxygens (including phenoxy) is 2. The fourth-order valence-corrected chi connectivity index (χ4v) is 2.23. The highest BCUT2D eigenvalue weighted by atomic mass is 16.5. The van der Waals surface area contributed by atoms with Crippen molar-refractivity contribution in [1.29, 1.82) is 0 Å². The van der Waals surface area contributed by atoms with Gasteiger partial charge in [0.2, 0.25) is 5.89 Å². The third kappa shape index (κ3) is 3.18. The number of carbonyl (C=O) groups excluding carboxylic acids is 1. The van der Waals surface area contributed by atoms with Crippen LogP contribution in [0.25, 0.3) is 22.6 Å². The van der Waals surface area contributed by atoms with Gasteiger partial charge in [-0.2, -0.15) is 0 Å². The van der Waals surface area contributed by atoms with Crippen molar-refractivity contribution in [3.8, 4) is 17.2 Å². The molecule has 1 heterocycles. The monoisotopic (exact) mass is 311 g/mol. The molecule has 0 atom stereocenters. The molecule has 3 aromatic rings. The maximum atomic E-state index is 11.6. The van der Waals surface area contributed by atoms with Gasteiger partial charge < -0.3 is 13.9 Å². The molecule has 0 aliphatic heterocycles. The van der Waals surface area contributed by atoms with Crippen molar-refractivity contribution in [3.63, 3.8) is 0 Å². The van der Waals surface area contributed by atoms with Gasteiger partial charge in [0.25, 0.3) is 0 Å². The molecule has 1 aromatic heterocycles. The number of oxazole rings is 1. The molecule has 5 heteroatoms. The summed E-state index contributed by atoms with van der Waals surface area (Å²) >= 11 is 0. The molecule has 0 saturated heterocycles. The van der Waals surface area contributed by atoms with Crippen molar-refractivity contribution < 1.29 is 18.7 Å². The molecule has 2 aromatic carbocycles. The molecule has 5 nitrogen and oxygen atoms in total. The number of carbonyl (C=O) groups is 1. The van der Waals surface area contributed by atoms with Gasteiger partial charge in [-0.1, -0.05) is 13.0 Å². The summed E-state index contributed by atoms with van der Waals surface area (Å²) in [5.41, 5.74) is 2.49. The van der Waals surface area contributed by atoms with Gasteiger partial charge in [0.05, 0.1) is 19.3 Å². The average Bonchev–Trinajstić information content (AvgIpc) is 3.02. The largest absolute Gasteiger partial charge is 0.494 e. The highest BCUT2D eigenvalue weighted by Gasteiger charge is 2.12. The Hall–Kier alpha value is -2.82. The number of nitrogens with zero attached hydrogens (tertiary/aromatic N) is 1. The molecule has 0 radical (unpaired) electrons. The predicted octanol–water partition coefficient (Wildman–Crippen LogP) is 4.07. The van der Waals surface area contributed by atoms with Crippen LogP contribution in [0.1, 0.15) is 23.7 Å². The van der Waals surface area contributed by atoms with Crippen molar-refractivity contribution in [2.75, 3.05) is 13.7 Å². The lowest BCUT2D eigenvalue weighted by molar-refractivity contribution is 0.0601. The van der Waals surface area contributed by atoms with E-state index < -0.39 is 5.97 Å². The van der Waals surface area contributed by atoms with Gasteiger partial charge in [0.1, 0.15) is 11.3 Å². The van der Waals surface area contributed by atoms with Gasteiger partial charge in [-0.25, -0.2) is 9.78 Å². The fourth-order valence-electron chi connectivity index (χ4n) is 2.23. The molecular formula is C18H17NO4. The molecule has 3 rings (SSSR count). The number of hydrogen-bond donors (Lipinski definition) is 0. The Morgan fingerprint density at radius 1 is 1.22 bits per heavy atom. The maximum absolute atomic E-state index is 11.6. The van der Waals surface area contributed by atoms with Gasteiger partial charge in [0.15, 0.2) is 5.58 Å². The molecule has 118 valence electrons. The van der Waals surface area contributed by atoms with E-state index in [0.717, 1.165) is 17.7 Å². The number of fused-ring (bicyclic) bond motifs is 1. The number of aromatic nitrogens is 1. The van der Waals surface area contributed by atoms with Crippen LogP contribution < -0.4 is 4.74 Å². The molecule has 0 amide bonds. The zero-order valence-electron chi connectivity index (χ0n) is 13.0. The van der Waals surface area contributed by atoms with E-state index in [0.29, 0.717) is 29.2 Å². The van der Waals surface area contributed by atoms with Crippen LogP contribution >= 0.6 is 0 Å².